The van der Waals surface area contributed by atoms with Gasteiger partial charge in [0.05, 0.1) is 11.0 Å². The van der Waals surface area contributed by atoms with E-state index in [1.165, 1.54) is 0 Å². The molecule has 0 aliphatic heterocycles. The number of imidazole rings is 1. The highest BCUT2D eigenvalue weighted by atomic mass is 35.5. The Hall–Kier alpha value is -1.75. The summed E-state index contributed by atoms with van der Waals surface area (Å²) in [7, 11) is 0. The van der Waals surface area contributed by atoms with Crippen LogP contribution in [0.15, 0.2) is 18.2 Å². The monoisotopic (exact) mass is 280 g/mol. The number of nitrogens with two attached hydrogens (primary N) is 1. The summed E-state index contributed by atoms with van der Waals surface area (Å²) in [4.78, 5) is 15.9. The second-order valence-electron chi connectivity index (χ2n) is 4.73. The Labute approximate surface area is 116 Å². The van der Waals surface area contributed by atoms with Gasteiger partial charge in [-0.05, 0) is 32.0 Å². The zero-order chi connectivity index (χ0) is 14.0. The van der Waals surface area contributed by atoms with Gasteiger partial charge in [-0.2, -0.15) is 0 Å². The van der Waals surface area contributed by atoms with Gasteiger partial charge in [0, 0.05) is 24.0 Å². The average Bonchev–Trinajstić information content (AvgIpc) is 2.61. The van der Waals surface area contributed by atoms with E-state index in [1.807, 2.05) is 19.9 Å². The second-order valence-corrected chi connectivity index (χ2v) is 5.16. The zero-order valence-corrected chi connectivity index (χ0v) is 11.7. The molecule has 2 aromatic rings. The molecule has 1 amide bonds. The fourth-order valence-corrected chi connectivity index (χ4v) is 2.12. The van der Waals surface area contributed by atoms with E-state index in [-0.39, 0.29) is 11.9 Å². The maximum atomic E-state index is 11.7. The number of carbonyl (C=O) groups is 1. The molecule has 0 bridgehead atoms. The Morgan fingerprint density at radius 3 is 2.95 bits per heavy atom. The Bertz CT molecular complexity index is 606. The van der Waals surface area contributed by atoms with Crippen molar-refractivity contribution in [3.8, 4) is 0 Å². The summed E-state index contributed by atoms with van der Waals surface area (Å²) in [6.07, 6.45) is 0.361. The van der Waals surface area contributed by atoms with Crippen LogP contribution < -0.4 is 11.1 Å². The van der Waals surface area contributed by atoms with Crippen LogP contribution in [-0.2, 0) is 11.3 Å². The Balaban J connectivity index is 2.18. The molecule has 0 radical (unpaired) electrons. The number of anilines is 1. The number of hydrogen-bond donors (Lipinski definition) is 2. The van der Waals surface area contributed by atoms with Gasteiger partial charge in [0.2, 0.25) is 11.9 Å². The number of benzene rings is 1. The topological polar surface area (TPSA) is 72.9 Å². The van der Waals surface area contributed by atoms with Gasteiger partial charge in [0.1, 0.15) is 0 Å². The van der Waals surface area contributed by atoms with Crippen molar-refractivity contribution in [2.45, 2.75) is 32.9 Å². The minimum atomic E-state index is -0.00159. The summed E-state index contributed by atoms with van der Waals surface area (Å²) < 4.78 is 1.81. The van der Waals surface area contributed by atoms with Crippen LogP contribution in [-0.4, -0.2) is 21.5 Å². The molecular weight excluding hydrogens is 264 g/mol. The molecule has 0 saturated carbocycles. The highest BCUT2D eigenvalue weighted by molar-refractivity contribution is 6.31. The summed E-state index contributed by atoms with van der Waals surface area (Å²) in [5.74, 6) is 0.396. The van der Waals surface area contributed by atoms with Crippen molar-refractivity contribution in [1.29, 1.82) is 0 Å². The van der Waals surface area contributed by atoms with Crippen LogP contribution in [0.4, 0.5) is 5.95 Å². The Kier molecular flexibility index (Phi) is 3.95. The first-order valence-electron chi connectivity index (χ1n) is 6.18. The van der Waals surface area contributed by atoms with Gasteiger partial charge < -0.3 is 15.6 Å². The highest BCUT2D eigenvalue weighted by Gasteiger charge is 2.10. The number of nitrogens with zero attached hydrogens (tertiary/aromatic N) is 2. The summed E-state index contributed by atoms with van der Waals surface area (Å²) in [6, 6.07) is 5.53. The largest absolute Gasteiger partial charge is 0.369 e. The Morgan fingerprint density at radius 2 is 2.26 bits per heavy atom. The fraction of sp³-hybridized carbons (Fsp3) is 0.385. The predicted molar refractivity (Wildman–Crippen MR) is 77.1 cm³/mol. The molecule has 2 rings (SSSR count). The molecule has 19 heavy (non-hydrogen) atoms. The third kappa shape index (κ3) is 3.17. The minimum absolute atomic E-state index is 0.00159. The quantitative estimate of drug-likeness (QED) is 0.902. The number of aromatic nitrogens is 2. The normalized spacial score (nSPS) is 11.2. The molecule has 0 aliphatic rings. The van der Waals surface area contributed by atoms with E-state index >= 15 is 0 Å². The molecule has 5 nitrogen and oxygen atoms in total. The first kappa shape index (κ1) is 13.7. The molecule has 1 aromatic heterocycles. The van der Waals surface area contributed by atoms with Crippen LogP contribution in [0.3, 0.4) is 0 Å². The van der Waals surface area contributed by atoms with Crippen LogP contribution >= 0.6 is 11.6 Å². The number of carbonyl (C=O) groups excluding carboxylic acids is 1. The summed E-state index contributed by atoms with van der Waals surface area (Å²) in [6.45, 7) is 4.35. The summed E-state index contributed by atoms with van der Waals surface area (Å²) in [5, 5.41) is 3.47. The number of nitrogen functional groups attached to an aromatic ring is 1. The van der Waals surface area contributed by atoms with Gasteiger partial charge >= 0.3 is 0 Å². The third-order valence-corrected chi connectivity index (χ3v) is 2.99. The van der Waals surface area contributed by atoms with Crippen molar-refractivity contribution in [2.75, 3.05) is 5.73 Å². The molecule has 0 fully saturated rings. The van der Waals surface area contributed by atoms with Crippen LogP contribution in [0.2, 0.25) is 5.02 Å². The zero-order valence-electron chi connectivity index (χ0n) is 11.0. The highest BCUT2D eigenvalue weighted by Crippen LogP contribution is 2.22. The molecule has 3 N–H and O–H groups in total. The molecule has 0 spiro atoms. The van der Waals surface area contributed by atoms with Crippen LogP contribution in [0, 0.1) is 0 Å². The molecular formula is C13H17ClN4O. The molecule has 102 valence electrons. The standard InChI is InChI=1S/C13H17ClN4O/c1-8(2)16-12(19)5-6-18-11-7-9(14)3-4-10(11)17-13(18)15/h3-4,7-8H,5-6H2,1-2H3,(H2,15,17)(H,16,19). The molecule has 1 aromatic carbocycles. The average molecular weight is 281 g/mol. The van der Waals surface area contributed by atoms with Crippen molar-refractivity contribution >= 4 is 34.5 Å². The first-order valence-corrected chi connectivity index (χ1v) is 6.56. The number of fused-ring (bicyclic) bond motifs is 1. The van der Waals surface area contributed by atoms with Gasteiger partial charge in [0.25, 0.3) is 0 Å². The number of halogens is 1. The summed E-state index contributed by atoms with van der Waals surface area (Å²) in [5.41, 5.74) is 7.50. The molecule has 0 saturated heterocycles. The lowest BCUT2D eigenvalue weighted by Gasteiger charge is -2.09. The van der Waals surface area contributed by atoms with Crippen molar-refractivity contribution in [1.82, 2.24) is 14.9 Å². The smallest absolute Gasteiger partial charge is 0.221 e. The summed E-state index contributed by atoms with van der Waals surface area (Å²) >= 11 is 5.97. The number of nitrogens with one attached hydrogen (secondary N) is 1. The maximum absolute atomic E-state index is 11.7. The fourth-order valence-electron chi connectivity index (χ4n) is 1.96. The number of rotatable bonds is 4. The van der Waals surface area contributed by atoms with E-state index in [9.17, 15) is 4.79 Å². The lowest BCUT2D eigenvalue weighted by Crippen LogP contribution is -2.30. The van der Waals surface area contributed by atoms with Crippen molar-refractivity contribution in [2.24, 2.45) is 0 Å². The van der Waals surface area contributed by atoms with E-state index in [4.69, 9.17) is 17.3 Å². The molecule has 6 heteroatoms. The van der Waals surface area contributed by atoms with E-state index < -0.39 is 0 Å². The van der Waals surface area contributed by atoms with E-state index in [0.29, 0.717) is 23.9 Å². The van der Waals surface area contributed by atoms with Gasteiger partial charge in [0.15, 0.2) is 0 Å². The number of amides is 1. The minimum Gasteiger partial charge on any atom is -0.369 e. The third-order valence-electron chi connectivity index (χ3n) is 2.75. The van der Waals surface area contributed by atoms with E-state index in [0.717, 1.165) is 11.0 Å². The van der Waals surface area contributed by atoms with Crippen molar-refractivity contribution in [3.05, 3.63) is 23.2 Å². The van der Waals surface area contributed by atoms with E-state index in [1.54, 1.807) is 16.7 Å². The molecule has 0 unspecified atom stereocenters. The number of hydrogen-bond acceptors (Lipinski definition) is 3. The van der Waals surface area contributed by atoms with Gasteiger partial charge in [-0.3, -0.25) is 4.79 Å². The van der Waals surface area contributed by atoms with Crippen LogP contribution in [0.5, 0.6) is 0 Å². The number of aryl methyl sites for hydroxylation is 1. The van der Waals surface area contributed by atoms with Gasteiger partial charge in [-0.15, -0.1) is 0 Å². The van der Waals surface area contributed by atoms with Gasteiger partial charge in [-0.25, -0.2) is 4.98 Å². The maximum Gasteiger partial charge on any atom is 0.221 e. The van der Waals surface area contributed by atoms with Crippen molar-refractivity contribution < 1.29 is 4.79 Å². The SMILES string of the molecule is CC(C)NC(=O)CCn1c(N)nc2ccc(Cl)cc21. The predicted octanol–water partition coefficient (Wildman–Crippen LogP) is 2.19. The second kappa shape index (κ2) is 5.48. The Morgan fingerprint density at radius 1 is 1.53 bits per heavy atom. The molecule has 1 heterocycles. The van der Waals surface area contributed by atoms with Crippen molar-refractivity contribution in [3.63, 3.8) is 0 Å². The van der Waals surface area contributed by atoms with Gasteiger partial charge in [-0.1, -0.05) is 11.6 Å². The first-order chi connectivity index (χ1) is 8.97. The molecule has 0 aliphatic carbocycles. The van der Waals surface area contributed by atoms with E-state index in [2.05, 4.69) is 10.3 Å². The lowest BCUT2D eigenvalue weighted by atomic mass is 10.3. The molecule has 0 atom stereocenters. The van der Waals surface area contributed by atoms with Crippen LogP contribution in [0.25, 0.3) is 11.0 Å². The lowest BCUT2D eigenvalue weighted by molar-refractivity contribution is -0.121. The van der Waals surface area contributed by atoms with Crippen LogP contribution in [0.1, 0.15) is 20.3 Å².